The van der Waals surface area contributed by atoms with Crippen molar-refractivity contribution in [3.63, 3.8) is 0 Å². The first-order valence-electron chi connectivity index (χ1n) is 13.0. The van der Waals surface area contributed by atoms with Crippen LogP contribution >= 0.6 is 10.3 Å². The Morgan fingerprint density at radius 2 is 0.755 bits per heavy atom. The molecule has 3 aromatic carbocycles. The van der Waals surface area contributed by atoms with Crippen molar-refractivity contribution < 1.29 is 104 Å². The third kappa shape index (κ3) is 6.54. The summed E-state index contributed by atoms with van der Waals surface area (Å²) in [6, 6.07) is 6.30. The van der Waals surface area contributed by atoms with E-state index in [9.17, 15) is 91.8 Å². The number of benzene rings is 3. The molecule has 0 aromatic heterocycles. The first-order chi connectivity index (χ1) is 23.5. The van der Waals surface area contributed by atoms with E-state index in [0.29, 0.717) is 36.4 Å². The van der Waals surface area contributed by atoms with Crippen molar-refractivity contribution in [2.24, 2.45) is 0 Å². The van der Waals surface area contributed by atoms with Crippen LogP contribution in [0.2, 0.25) is 0 Å². The fourth-order valence-corrected chi connectivity index (χ4v) is 9.28. The van der Waals surface area contributed by atoms with Gasteiger partial charge < -0.3 is 0 Å². The maximum atomic E-state index is 15.2. The average Bonchev–Trinajstić information content (AvgIpc) is 3.03. The van der Waals surface area contributed by atoms with E-state index in [4.69, 9.17) is 0 Å². The standard InChI is InChI=1S/C27H13F21O3S2/c28-15-8-12-18(13-9-15)52(16-4-2-1-3-5-16,17-10-6-14(7-11-17)19(29,30)31)51-53(49,50)27(47,48)25(42,43)23(38,39)21(34,35)20(32,33)22(36,37)24(40,41)26(44,45)46/h1-13H. The van der Waals surface area contributed by atoms with Crippen LogP contribution in [0, 0.1) is 5.82 Å². The molecule has 0 saturated heterocycles. The smallest absolute Gasteiger partial charge is 0.207 e. The summed E-state index contributed by atoms with van der Waals surface area (Å²) in [4.78, 5) is -2.97. The molecule has 0 fully saturated rings. The predicted molar refractivity (Wildman–Crippen MR) is 137 cm³/mol. The molecular weight excluding hydrogens is 835 g/mol. The highest BCUT2D eigenvalue weighted by Crippen LogP contribution is 2.72. The minimum atomic E-state index is -9.12. The van der Waals surface area contributed by atoms with Crippen molar-refractivity contribution in [2.75, 3.05) is 0 Å². The lowest BCUT2D eigenvalue weighted by molar-refractivity contribution is -0.458. The number of halogens is 21. The van der Waals surface area contributed by atoms with E-state index in [0.717, 1.165) is 18.2 Å². The van der Waals surface area contributed by atoms with Gasteiger partial charge in [-0.1, -0.05) is 18.2 Å². The van der Waals surface area contributed by atoms with Gasteiger partial charge in [-0.25, -0.2) is 8.02 Å². The molecule has 1 atom stereocenters. The summed E-state index contributed by atoms with van der Waals surface area (Å²) in [5.74, 6) is -54.5. The minimum absolute atomic E-state index is 0.0833. The fourth-order valence-electron chi connectivity index (χ4n) is 4.08. The van der Waals surface area contributed by atoms with Gasteiger partial charge in [-0.05, 0) is 71.0 Å². The molecule has 3 rings (SSSR count). The van der Waals surface area contributed by atoms with Crippen LogP contribution in [-0.2, 0) is 19.9 Å². The molecule has 0 aliphatic carbocycles. The van der Waals surface area contributed by atoms with E-state index >= 15 is 8.78 Å². The molecule has 0 bridgehead atoms. The van der Waals surface area contributed by atoms with Crippen molar-refractivity contribution in [2.45, 2.75) is 67.8 Å². The molecule has 0 N–H and O–H groups in total. The normalized spacial score (nSPS) is 16.6. The largest absolute Gasteiger partial charge is 0.460 e. The van der Waals surface area contributed by atoms with Crippen LogP contribution in [0.1, 0.15) is 5.56 Å². The van der Waals surface area contributed by atoms with Crippen molar-refractivity contribution in [1.82, 2.24) is 0 Å². The first kappa shape index (κ1) is 43.9. The molecule has 3 nitrogen and oxygen atoms in total. The third-order valence-corrected chi connectivity index (χ3v) is 12.2. The van der Waals surface area contributed by atoms with E-state index in [1.807, 2.05) is 0 Å². The summed E-state index contributed by atoms with van der Waals surface area (Å²) in [7, 11) is -13.3. The highest BCUT2D eigenvalue weighted by atomic mass is 32.3. The van der Waals surface area contributed by atoms with Gasteiger partial charge >= 0.3 is 63.3 Å². The summed E-state index contributed by atoms with van der Waals surface area (Å²) < 4.78 is 320. The zero-order valence-electron chi connectivity index (χ0n) is 24.5. The van der Waals surface area contributed by atoms with E-state index in [1.165, 1.54) is 0 Å². The molecular formula is C27H13F21O3S2. The lowest BCUT2D eigenvalue weighted by Crippen LogP contribution is -2.75. The summed E-state index contributed by atoms with van der Waals surface area (Å²) in [5, 5.41) is -8.12. The maximum absolute atomic E-state index is 15.2. The second-order valence-corrected chi connectivity index (χ2v) is 14.8. The monoisotopic (exact) mass is 848 g/mol. The van der Waals surface area contributed by atoms with E-state index in [-0.39, 0.29) is 24.3 Å². The molecule has 0 spiro atoms. The Morgan fingerprint density at radius 1 is 0.415 bits per heavy atom. The predicted octanol–water partition coefficient (Wildman–Crippen LogP) is 11.4. The van der Waals surface area contributed by atoms with E-state index in [1.54, 1.807) is 0 Å². The Morgan fingerprint density at radius 3 is 1.13 bits per heavy atom. The van der Waals surface area contributed by atoms with Crippen LogP contribution in [0.4, 0.5) is 92.2 Å². The minimum Gasteiger partial charge on any atom is -0.207 e. The Labute approximate surface area is 283 Å². The van der Waals surface area contributed by atoms with Crippen LogP contribution in [0.5, 0.6) is 0 Å². The average molecular weight is 848 g/mol. The molecule has 1 unspecified atom stereocenters. The summed E-state index contributed by atoms with van der Waals surface area (Å²) in [5.41, 5.74) is -1.59. The Bertz CT molecular complexity index is 1870. The number of hydrogen-bond acceptors (Lipinski definition) is 3. The maximum Gasteiger partial charge on any atom is 0.460 e. The quantitative estimate of drug-likeness (QED) is 0.171. The lowest BCUT2D eigenvalue weighted by atomic mass is 9.91. The molecule has 0 amide bonds. The van der Waals surface area contributed by atoms with Gasteiger partial charge in [0.25, 0.3) is 0 Å². The Hall–Kier alpha value is -3.55. The zero-order valence-corrected chi connectivity index (χ0v) is 26.1. The molecule has 0 aliphatic rings. The van der Waals surface area contributed by atoms with Crippen LogP contribution in [0.25, 0.3) is 0 Å². The Balaban J connectivity index is 2.35. The van der Waals surface area contributed by atoms with E-state index in [2.05, 4.69) is 3.63 Å². The van der Waals surface area contributed by atoms with Gasteiger partial charge in [0.2, 0.25) is 0 Å². The van der Waals surface area contributed by atoms with Crippen molar-refractivity contribution in [3.05, 3.63) is 90.2 Å². The number of alkyl halides is 20. The van der Waals surface area contributed by atoms with Crippen LogP contribution in [0.15, 0.2) is 93.5 Å². The highest BCUT2D eigenvalue weighted by Gasteiger charge is 2.96. The number of hydrogen-bond donors (Lipinski definition) is 0. The zero-order chi connectivity index (χ0) is 41.3. The van der Waals surface area contributed by atoms with Gasteiger partial charge in [-0.15, -0.1) is 0 Å². The first-order valence-corrected chi connectivity index (χ1v) is 16.0. The third-order valence-electron chi connectivity index (χ3n) is 6.93. The van der Waals surface area contributed by atoms with Crippen LogP contribution in [-0.4, -0.2) is 55.4 Å². The van der Waals surface area contributed by atoms with Gasteiger partial charge in [-0.2, -0.15) is 96.2 Å². The Kier molecular flexibility index (Phi) is 10.8. The molecule has 0 saturated carbocycles. The molecule has 53 heavy (non-hydrogen) atoms. The summed E-state index contributed by atoms with van der Waals surface area (Å²) >= 11 is 0. The molecule has 3 aromatic rings. The van der Waals surface area contributed by atoms with Crippen molar-refractivity contribution >= 4 is 20.4 Å². The van der Waals surface area contributed by atoms with Crippen LogP contribution < -0.4 is 0 Å². The molecule has 0 radical (unpaired) electrons. The number of rotatable bonds is 12. The van der Waals surface area contributed by atoms with Gasteiger partial charge in [0.1, 0.15) is 5.82 Å². The van der Waals surface area contributed by atoms with Gasteiger partial charge in [0.15, 0.2) is 0 Å². The van der Waals surface area contributed by atoms with Gasteiger partial charge in [0.05, 0.1) is 5.56 Å². The molecule has 0 heterocycles. The van der Waals surface area contributed by atoms with Gasteiger partial charge in [-0.3, -0.25) is 0 Å². The fraction of sp³-hybridized carbons (Fsp3) is 0.333. The lowest BCUT2D eigenvalue weighted by Gasteiger charge is -2.43. The van der Waals surface area contributed by atoms with E-state index < -0.39 is 99.6 Å². The topological polar surface area (TPSA) is 43.4 Å². The second-order valence-electron chi connectivity index (χ2n) is 10.3. The van der Waals surface area contributed by atoms with Crippen molar-refractivity contribution in [3.8, 4) is 0 Å². The molecule has 0 aliphatic heterocycles. The van der Waals surface area contributed by atoms with Gasteiger partial charge in [0, 0.05) is 14.7 Å². The highest BCUT2D eigenvalue weighted by molar-refractivity contribution is 8.33. The SMILES string of the molecule is O=S(=O)(OS(c1ccccc1)(c1ccc(F)cc1)c1ccc(C(F)(F)F)cc1)C(F)(F)C(F)(F)C(F)(F)C(F)(F)C(F)(F)C(F)(F)C(F)(F)C(F)(F)F. The van der Waals surface area contributed by atoms with Crippen LogP contribution in [0.3, 0.4) is 0 Å². The molecule has 298 valence electrons. The second kappa shape index (κ2) is 13.0. The summed E-state index contributed by atoms with van der Waals surface area (Å²) in [6.07, 6.45) is -13.2. The van der Waals surface area contributed by atoms with Crippen molar-refractivity contribution in [1.29, 1.82) is 0 Å². The molecule has 26 heteroatoms. The summed E-state index contributed by atoms with van der Waals surface area (Å²) in [6.45, 7) is 0.